The Morgan fingerprint density at radius 2 is 1.41 bits per heavy atom. The Balaban J connectivity index is 1.76. The minimum Gasteiger partial charge on any atom is -0.280 e. The third kappa shape index (κ3) is 4.48. The van der Waals surface area contributed by atoms with Gasteiger partial charge in [-0.1, -0.05) is 6.92 Å². The van der Waals surface area contributed by atoms with Crippen molar-refractivity contribution in [2.75, 3.05) is 17.8 Å². The predicted molar refractivity (Wildman–Crippen MR) is 101 cm³/mol. The number of rotatable bonds is 5. The van der Waals surface area contributed by atoms with Crippen LogP contribution in [0.3, 0.4) is 0 Å². The van der Waals surface area contributed by atoms with Crippen LogP contribution in [0.5, 0.6) is 0 Å². The van der Waals surface area contributed by atoms with E-state index in [2.05, 4.69) is 11.6 Å². The molecule has 1 heterocycles. The van der Waals surface area contributed by atoms with Crippen molar-refractivity contribution in [2.45, 2.75) is 29.6 Å². The van der Waals surface area contributed by atoms with Gasteiger partial charge in [0.2, 0.25) is 10.0 Å². The molecular weight excluding hydrogens is 391 g/mol. The van der Waals surface area contributed by atoms with Crippen LogP contribution in [0.2, 0.25) is 0 Å². The molecule has 0 amide bonds. The van der Waals surface area contributed by atoms with E-state index in [-0.39, 0.29) is 15.5 Å². The van der Waals surface area contributed by atoms with Crippen molar-refractivity contribution >= 4 is 25.7 Å². The van der Waals surface area contributed by atoms with E-state index in [1.54, 1.807) is 0 Å². The molecule has 1 saturated heterocycles. The van der Waals surface area contributed by atoms with Crippen LogP contribution in [0.4, 0.5) is 10.1 Å². The van der Waals surface area contributed by atoms with E-state index in [1.807, 2.05) is 0 Å². The molecule has 9 heteroatoms. The van der Waals surface area contributed by atoms with E-state index in [4.69, 9.17) is 0 Å². The van der Waals surface area contributed by atoms with Crippen molar-refractivity contribution in [2.24, 2.45) is 5.92 Å². The van der Waals surface area contributed by atoms with Crippen LogP contribution < -0.4 is 4.72 Å². The lowest BCUT2D eigenvalue weighted by molar-refractivity contribution is 0.288. The summed E-state index contributed by atoms with van der Waals surface area (Å²) < 4.78 is 66.8. The molecule has 1 aliphatic heterocycles. The van der Waals surface area contributed by atoms with E-state index in [9.17, 15) is 21.2 Å². The van der Waals surface area contributed by atoms with Crippen molar-refractivity contribution in [3.63, 3.8) is 0 Å². The fourth-order valence-corrected chi connectivity index (χ4v) is 5.43. The molecule has 0 spiro atoms. The summed E-state index contributed by atoms with van der Waals surface area (Å²) in [6.45, 7) is 3.08. The highest BCUT2D eigenvalue weighted by atomic mass is 32.2. The number of benzene rings is 2. The topological polar surface area (TPSA) is 83.6 Å². The summed E-state index contributed by atoms with van der Waals surface area (Å²) in [6, 6.07) is 10.0. The molecule has 2 aromatic rings. The molecule has 27 heavy (non-hydrogen) atoms. The summed E-state index contributed by atoms with van der Waals surface area (Å²) in [6.07, 6.45) is 1.66. The predicted octanol–water partition coefficient (Wildman–Crippen LogP) is 3.05. The smallest absolute Gasteiger partial charge is 0.261 e. The summed E-state index contributed by atoms with van der Waals surface area (Å²) >= 11 is 0. The number of nitrogens with one attached hydrogen (secondary N) is 1. The molecule has 0 bridgehead atoms. The van der Waals surface area contributed by atoms with Crippen LogP contribution >= 0.6 is 0 Å². The number of hydrogen-bond donors (Lipinski definition) is 1. The van der Waals surface area contributed by atoms with Gasteiger partial charge in [0, 0.05) is 18.8 Å². The highest BCUT2D eigenvalue weighted by Crippen LogP contribution is 2.25. The largest absolute Gasteiger partial charge is 0.280 e. The van der Waals surface area contributed by atoms with Crippen LogP contribution in [0.25, 0.3) is 0 Å². The lowest BCUT2D eigenvalue weighted by Gasteiger charge is -2.29. The lowest BCUT2D eigenvalue weighted by Crippen LogP contribution is -2.37. The van der Waals surface area contributed by atoms with E-state index < -0.39 is 25.9 Å². The normalized spacial score (nSPS) is 17.0. The number of nitrogens with zero attached hydrogens (tertiary/aromatic N) is 1. The zero-order valence-electron chi connectivity index (χ0n) is 14.8. The maximum Gasteiger partial charge on any atom is 0.261 e. The Morgan fingerprint density at radius 1 is 0.889 bits per heavy atom. The summed E-state index contributed by atoms with van der Waals surface area (Å²) in [7, 11) is -7.47. The molecule has 0 unspecified atom stereocenters. The van der Waals surface area contributed by atoms with Gasteiger partial charge in [-0.05, 0) is 67.3 Å². The number of anilines is 1. The second kappa shape index (κ2) is 7.57. The SMILES string of the molecule is CC1CCN(S(=O)(=O)c2ccc(NS(=O)(=O)c3ccc(F)cc3)cc2)CC1. The molecule has 1 aliphatic rings. The van der Waals surface area contributed by atoms with Crippen LogP contribution in [0.1, 0.15) is 19.8 Å². The third-order valence-corrected chi connectivity index (χ3v) is 7.92. The molecule has 0 atom stereocenters. The first-order chi connectivity index (χ1) is 12.7. The highest BCUT2D eigenvalue weighted by Gasteiger charge is 2.28. The summed E-state index contributed by atoms with van der Waals surface area (Å²) in [5.41, 5.74) is 0.227. The Bertz CT molecular complexity index is 996. The molecule has 1 fully saturated rings. The van der Waals surface area contributed by atoms with Gasteiger partial charge in [-0.25, -0.2) is 21.2 Å². The second-order valence-electron chi connectivity index (χ2n) is 6.67. The highest BCUT2D eigenvalue weighted by molar-refractivity contribution is 7.92. The van der Waals surface area contributed by atoms with Crippen molar-refractivity contribution in [1.82, 2.24) is 4.31 Å². The van der Waals surface area contributed by atoms with Crippen molar-refractivity contribution in [3.05, 3.63) is 54.3 Å². The molecule has 3 rings (SSSR count). The quantitative estimate of drug-likeness (QED) is 0.818. The summed E-state index contributed by atoms with van der Waals surface area (Å²) in [5, 5.41) is 0. The Morgan fingerprint density at radius 3 is 1.96 bits per heavy atom. The molecule has 146 valence electrons. The molecule has 6 nitrogen and oxygen atoms in total. The Kier molecular flexibility index (Phi) is 5.55. The van der Waals surface area contributed by atoms with Gasteiger partial charge in [0.25, 0.3) is 10.0 Å². The third-order valence-electron chi connectivity index (χ3n) is 4.61. The minimum absolute atomic E-state index is 0.0805. The number of sulfonamides is 2. The van der Waals surface area contributed by atoms with Gasteiger partial charge in [-0.2, -0.15) is 4.31 Å². The summed E-state index contributed by atoms with van der Waals surface area (Å²) in [5.74, 6) is -0.0182. The monoisotopic (exact) mass is 412 g/mol. The first-order valence-electron chi connectivity index (χ1n) is 8.57. The molecule has 1 N–H and O–H groups in total. The van der Waals surface area contributed by atoms with E-state index >= 15 is 0 Å². The van der Waals surface area contributed by atoms with Crippen LogP contribution in [-0.2, 0) is 20.0 Å². The van der Waals surface area contributed by atoms with Gasteiger partial charge in [0.05, 0.1) is 9.79 Å². The zero-order chi connectivity index (χ0) is 19.7. The Hall–Kier alpha value is -1.97. The Labute approximate surface area is 159 Å². The van der Waals surface area contributed by atoms with Crippen LogP contribution in [0.15, 0.2) is 58.3 Å². The van der Waals surface area contributed by atoms with Gasteiger partial charge in [-0.3, -0.25) is 4.72 Å². The van der Waals surface area contributed by atoms with Gasteiger partial charge in [0.1, 0.15) is 5.82 Å². The molecule has 0 saturated carbocycles. The molecule has 2 aromatic carbocycles. The number of halogens is 1. The van der Waals surface area contributed by atoms with Gasteiger partial charge in [-0.15, -0.1) is 0 Å². The molecule has 0 aliphatic carbocycles. The van der Waals surface area contributed by atoms with Gasteiger partial charge < -0.3 is 0 Å². The lowest BCUT2D eigenvalue weighted by atomic mass is 10.0. The first-order valence-corrected chi connectivity index (χ1v) is 11.5. The first kappa shape index (κ1) is 19.8. The van der Waals surface area contributed by atoms with Gasteiger partial charge >= 0.3 is 0 Å². The number of hydrogen-bond acceptors (Lipinski definition) is 4. The maximum absolute atomic E-state index is 13.0. The second-order valence-corrected chi connectivity index (χ2v) is 10.3. The zero-order valence-corrected chi connectivity index (χ0v) is 16.4. The average molecular weight is 413 g/mol. The number of piperidine rings is 1. The average Bonchev–Trinajstić information content (AvgIpc) is 2.62. The van der Waals surface area contributed by atoms with Crippen LogP contribution in [-0.4, -0.2) is 34.2 Å². The maximum atomic E-state index is 13.0. The fourth-order valence-electron chi connectivity index (χ4n) is 2.90. The van der Waals surface area contributed by atoms with Crippen molar-refractivity contribution in [1.29, 1.82) is 0 Å². The van der Waals surface area contributed by atoms with E-state index in [1.165, 1.54) is 28.6 Å². The van der Waals surface area contributed by atoms with E-state index in [0.29, 0.717) is 19.0 Å². The molecule has 0 aromatic heterocycles. The van der Waals surface area contributed by atoms with Crippen molar-refractivity contribution < 1.29 is 21.2 Å². The molecular formula is C18H21FN2O4S2. The minimum atomic E-state index is -3.88. The van der Waals surface area contributed by atoms with Gasteiger partial charge in [0.15, 0.2) is 0 Å². The van der Waals surface area contributed by atoms with E-state index in [0.717, 1.165) is 37.1 Å². The summed E-state index contributed by atoms with van der Waals surface area (Å²) in [4.78, 5) is 0.0461. The fraction of sp³-hybridized carbons (Fsp3) is 0.333. The molecule has 0 radical (unpaired) electrons. The van der Waals surface area contributed by atoms with Crippen molar-refractivity contribution in [3.8, 4) is 0 Å². The standard InChI is InChI=1S/C18H21FN2O4S2/c1-14-10-12-21(13-11-14)27(24,25)18-8-4-16(5-9-18)20-26(22,23)17-6-2-15(19)3-7-17/h2-9,14,20H,10-13H2,1H3. The van der Waals surface area contributed by atoms with Crippen LogP contribution in [0, 0.1) is 11.7 Å².